The van der Waals surface area contributed by atoms with E-state index in [0.29, 0.717) is 18.0 Å². The maximum atomic E-state index is 12.8. The van der Waals surface area contributed by atoms with E-state index in [4.69, 9.17) is 23.2 Å². The summed E-state index contributed by atoms with van der Waals surface area (Å²) in [5.41, 5.74) is 1.52. The Hall–Kier alpha value is -2.75. The van der Waals surface area contributed by atoms with Gasteiger partial charge in [-0.3, -0.25) is 19.3 Å². The van der Waals surface area contributed by atoms with Crippen LogP contribution in [0.1, 0.15) is 22.8 Å². The summed E-state index contributed by atoms with van der Waals surface area (Å²) in [5, 5.41) is 8.73. The summed E-state index contributed by atoms with van der Waals surface area (Å²) in [7, 11) is 0. The SMILES string of the molecule is CC(=O)C(Cc1ccc(NC(=O)c2c(Cl)cccc2Cl)cc1)NC(=O)C1CSC2CNC(=O)N21. The lowest BCUT2D eigenvalue weighted by Gasteiger charge is -2.24. The van der Waals surface area contributed by atoms with Gasteiger partial charge in [0.1, 0.15) is 6.04 Å². The van der Waals surface area contributed by atoms with E-state index in [1.165, 1.54) is 6.92 Å². The molecule has 0 radical (unpaired) electrons. The van der Waals surface area contributed by atoms with Gasteiger partial charge in [0, 0.05) is 18.0 Å². The lowest BCUT2D eigenvalue weighted by atomic mass is 10.0. The fourth-order valence-electron chi connectivity index (χ4n) is 3.89. The average molecular weight is 521 g/mol. The van der Waals surface area contributed by atoms with Crippen molar-refractivity contribution in [2.45, 2.75) is 30.8 Å². The molecule has 0 aromatic heterocycles. The third kappa shape index (κ3) is 5.16. The quantitative estimate of drug-likeness (QED) is 0.518. The number of Topliss-reactive ketones (excluding diaryl/α,β-unsaturated/α-hetero) is 1. The zero-order valence-electron chi connectivity index (χ0n) is 18.1. The summed E-state index contributed by atoms with van der Waals surface area (Å²) in [5.74, 6) is -0.464. The maximum Gasteiger partial charge on any atom is 0.319 e. The molecule has 2 saturated heterocycles. The number of hydrogen-bond acceptors (Lipinski definition) is 5. The predicted octanol–water partition coefficient (Wildman–Crippen LogP) is 3.33. The molecule has 3 N–H and O–H groups in total. The number of fused-ring (bicyclic) bond motifs is 1. The molecule has 0 saturated carbocycles. The van der Waals surface area contributed by atoms with Crippen LogP contribution < -0.4 is 16.0 Å². The third-order valence-electron chi connectivity index (χ3n) is 5.71. The molecule has 3 atom stereocenters. The topological polar surface area (TPSA) is 108 Å². The number of thioether (sulfide) groups is 1. The number of carbonyl (C=O) groups excluding carboxylic acids is 4. The van der Waals surface area contributed by atoms with Crippen molar-refractivity contribution in [3.05, 3.63) is 63.6 Å². The lowest BCUT2D eigenvalue weighted by Crippen LogP contribution is -2.52. The van der Waals surface area contributed by atoms with Crippen LogP contribution in [-0.4, -0.2) is 58.3 Å². The van der Waals surface area contributed by atoms with Gasteiger partial charge in [-0.25, -0.2) is 4.79 Å². The molecule has 4 rings (SSSR count). The second-order valence-electron chi connectivity index (χ2n) is 8.02. The van der Waals surface area contributed by atoms with Gasteiger partial charge in [-0.15, -0.1) is 11.8 Å². The van der Waals surface area contributed by atoms with Crippen LogP contribution in [0.4, 0.5) is 10.5 Å². The van der Waals surface area contributed by atoms with Gasteiger partial charge in [-0.05, 0) is 43.2 Å². The first-order valence-corrected chi connectivity index (χ1v) is 12.4. The Morgan fingerprint density at radius 1 is 1.15 bits per heavy atom. The Morgan fingerprint density at radius 2 is 1.82 bits per heavy atom. The normalized spacial score (nSPS) is 19.9. The molecular weight excluding hydrogens is 499 g/mol. The summed E-state index contributed by atoms with van der Waals surface area (Å²) in [6.45, 7) is 1.93. The van der Waals surface area contributed by atoms with Crippen LogP contribution in [0.5, 0.6) is 0 Å². The van der Waals surface area contributed by atoms with Crippen molar-refractivity contribution in [2.75, 3.05) is 17.6 Å². The first-order valence-electron chi connectivity index (χ1n) is 10.6. The number of ketones is 1. The molecule has 2 heterocycles. The fraction of sp³-hybridized carbons (Fsp3) is 0.304. The molecule has 8 nitrogen and oxygen atoms in total. The Labute approximate surface area is 210 Å². The zero-order chi connectivity index (χ0) is 24.4. The van der Waals surface area contributed by atoms with Gasteiger partial charge >= 0.3 is 6.03 Å². The number of amides is 4. The standard InChI is InChI=1S/C23H22Cl2N4O4S/c1-12(30)17(28-21(31)18-11-34-19-10-26-23(33)29(18)19)9-13-5-7-14(8-6-13)27-22(32)20-15(24)3-2-4-16(20)25/h2-8,17-19H,9-11H2,1H3,(H,26,33)(H,27,32)(H,28,31). The van der Waals surface area contributed by atoms with Gasteiger partial charge in [0.2, 0.25) is 5.91 Å². The molecule has 3 unspecified atom stereocenters. The molecule has 0 spiro atoms. The smallest absolute Gasteiger partial charge is 0.319 e. The van der Waals surface area contributed by atoms with Crippen LogP contribution in [0.3, 0.4) is 0 Å². The van der Waals surface area contributed by atoms with Crippen LogP contribution in [0.2, 0.25) is 10.0 Å². The molecule has 2 aliphatic heterocycles. The monoisotopic (exact) mass is 520 g/mol. The van der Waals surface area contributed by atoms with Gasteiger partial charge in [0.25, 0.3) is 5.91 Å². The third-order valence-corrected chi connectivity index (χ3v) is 7.62. The Bertz CT molecular complexity index is 1120. The van der Waals surface area contributed by atoms with E-state index in [-0.39, 0.29) is 45.1 Å². The second-order valence-corrected chi connectivity index (χ2v) is 10.0. The van der Waals surface area contributed by atoms with E-state index in [1.54, 1.807) is 59.1 Å². The number of nitrogens with one attached hydrogen (secondary N) is 3. The number of rotatable bonds is 7. The van der Waals surface area contributed by atoms with Crippen molar-refractivity contribution in [3.8, 4) is 0 Å². The Balaban J connectivity index is 1.39. The van der Waals surface area contributed by atoms with Crippen LogP contribution in [0.15, 0.2) is 42.5 Å². The van der Waals surface area contributed by atoms with Crippen molar-refractivity contribution in [1.29, 1.82) is 0 Å². The highest BCUT2D eigenvalue weighted by molar-refractivity contribution is 8.00. The minimum Gasteiger partial charge on any atom is -0.344 e. The molecule has 2 aromatic carbocycles. The van der Waals surface area contributed by atoms with Crippen molar-refractivity contribution in [1.82, 2.24) is 15.5 Å². The number of nitrogens with zero attached hydrogens (tertiary/aromatic N) is 1. The highest BCUT2D eigenvalue weighted by atomic mass is 35.5. The molecule has 2 aromatic rings. The van der Waals surface area contributed by atoms with Crippen LogP contribution in [0, 0.1) is 0 Å². The van der Waals surface area contributed by atoms with Crippen molar-refractivity contribution >= 4 is 64.3 Å². The zero-order valence-corrected chi connectivity index (χ0v) is 20.5. The Morgan fingerprint density at radius 3 is 2.47 bits per heavy atom. The van der Waals surface area contributed by atoms with Crippen LogP contribution in [-0.2, 0) is 16.0 Å². The molecule has 0 aliphatic carbocycles. The van der Waals surface area contributed by atoms with Crippen LogP contribution in [0.25, 0.3) is 0 Å². The van der Waals surface area contributed by atoms with Gasteiger partial charge in [-0.1, -0.05) is 41.4 Å². The maximum absolute atomic E-state index is 12.8. The molecule has 4 amide bonds. The summed E-state index contributed by atoms with van der Waals surface area (Å²) < 4.78 is 0. The molecule has 178 valence electrons. The highest BCUT2D eigenvalue weighted by Crippen LogP contribution is 2.32. The number of halogens is 2. The number of benzene rings is 2. The molecule has 11 heteroatoms. The minimum atomic E-state index is -0.732. The molecule has 2 fully saturated rings. The molecular formula is C23H22Cl2N4O4S. The molecule has 2 aliphatic rings. The first kappa shape index (κ1) is 24.4. The average Bonchev–Trinajstić information content (AvgIpc) is 3.37. The fourth-order valence-corrected chi connectivity index (χ4v) is 5.78. The van der Waals surface area contributed by atoms with E-state index in [9.17, 15) is 19.2 Å². The summed E-state index contributed by atoms with van der Waals surface area (Å²) in [4.78, 5) is 51.2. The summed E-state index contributed by atoms with van der Waals surface area (Å²) >= 11 is 13.7. The van der Waals surface area contributed by atoms with Gasteiger partial charge in [0.05, 0.1) is 27.0 Å². The largest absolute Gasteiger partial charge is 0.344 e. The highest BCUT2D eigenvalue weighted by Gasteiger charge is 2.45. The number of anilines is 1. The van der Waals surface area contributed by atoms with Gasteiger partial charge in [0.15, 0.2) is 5.78 Å². The number of urea groups is 1. The number of hydrogen-bond donors (Lipinski definition) is 3. The summed E-state index contributed by atoms with van der Waals surface area (Å²) in [6, 6.07) is 10.2. The molecule has 0 bridgehead atoms. The predicted molar refractivity (Wildman–Crippen MR) is 132 cm³/mol. The van der Waals surface area contributed by atoms with E-state index < -0.39 is 18.0 Å². The van der Waals surface area contributed by atoms with Crippen molar-refractivity contribution in [2.24, 2.45) is 0 Å². The number of carbonyl (C=O) groups is 4. The van der Waals surface area contributed by atoms with Gasteiger partial charge in [-0.2, -0.15) is 0 Å². The van der Waals surface area contributed by atoms with Crippen molar-refractivity contribution < 1.29 is 19.2 Å². The Kier molecular flexibility index (Phi) is 7.35. The second kappa shape index (κ2) is 10.2. The van der Waals surface area contributed by atoms with E-state index >= 15 is 0 Å². The van der Waals surface area contributed by atoms with Crippen LogP contribution >= 0.6 is 35.0 Å². The van der Waals surface area contributed by atoms with E-state index in [0.717, 1.165) is 5.56 Å². The minimum absolute atomic E-state index is 0.0533. The first-order chi connectivity index (χ1) is 16.2. The van der Waals surface area contributed by atoms with E-state index in [1.807, 2.05) is 0 Å². The van der Waals surface area contributed by atoms with Gasteiger partial charge < -0.3 is 16.0 Å². The lowest BCUT2D eigenvalue weighted by molar-refractivity contribution is -0.129. The van der Waals surface area contributed by atoms with Crippen molar-refractivity contribution in [3.63, 3.8) is 0 Å². The summed E-state index contributed by atoms with van der Waals surface area (Å²) in [6.07, 6.45) is 0.279. The molecule has 34 heavy (non-hydrogen) atoms. The van der Waals surface area contributed by atoms with E-state index in [2.05, 4.69) is 16.0 Å².